The Kier molecular flexibility index (Phi) is 4.14. The summed E-state index contributed by atoms with van der Waals surface area (Å²) in [6.45, 7) is 2.00. The first-order valence-electron chi connectivity index (χ1n) is 7.88. The van der Waals surface area contributed by atoms with Crippen LogP contribution in [0.4, 0.5) is 0 Å². The van der Waals surface area contributed by atoms with Crippen LogP contribution in [0.3, 0.4) is 0 Å². The molecule has 4 aromatic rings. The molecule has 4 rings (SSSR count). The van der Waals surface area contributed by atoms with E-state index in [1.54, 1.807) is 18.2 Å². The standard InChI is InChI=1S/C19H13ClN4OS/c1-11-6-7-12-9-13(17(20)22-16(12)8-11)10-21-24-18(25)14-4-2-3-5-15(14)23-19(24)26/h2-10H,1H3,(H,23,26)/b21-10-. The van der Waals surface area contributed by atoms with Crippen molar-refractivity contribution in [2.24, 2.45) is 5.10 Å². The highest BCUT2D eigenvalue weighted by Crippen LogP contribution is 2.20. The van der Waals surface area contributed by atoms with Crippen LogP contribution >= 0.6 is 23.8 Å². The highest BCUT2D eigenvalue weighted by Gasteiger charge is 2.06. The van der Waals surface area contributed by atoms with Crippen LogP contribution in [0.5, 0.6) is 0 Å². The highest BCUT2D eigenvalue weighted by atomic mass is 35.5. The average Bonchev–Trinajstić information content (AvgIpc) is 2.62. The molecular formula is C19H13ClN4OS. The summed E-state index contributed by atoms with van der Waals surface area (Å²) in [7, 11) is 0. The fraction of sp³-hybridized carbons (Fsp3) is 0.0526. The van der Waals surface area contributed by atoms with Gasteiger partial charge in [0.25, 0.3) is 5.56 Å². The van der Waals surface area contributed by atoms with E-state index in [2.05, 4.69) is 15.1 Å². The Morgan fingerprint density at radius 2 is 2.04 bits per heavy atom. The first kappa shape index (κ1) is 16.6. The number of hydrogen-bond acceptors (Lipinski definition) is 4. The van der Waals surface area contributed by atoms with Gasteiger partial charge in [0.1, 0.15) is 5.15 Å². The number of pyridine rings is 1. The Balaban J connectivity index is 1.84. The van der Waals surface area contributed by atoms with Gasteiger partial charge in [0.05, 0.1) is 22.6 Å². The van der Waals surface area contributed by atoms with Crippen molar-refractivity contribution in [3.8, 4) is 0 Å². The molecule has 0 spiro atoms. The predicted octanol–water partition coefficient (Wildman–Crippen LogP) is 4.45. The number of halogens is 1. The van der Waals surface area contributed by atoms with Crippen LogP contribution in [-0.4, -0.2) is 20.9 Å². The van der Waals surface area contributed by atoms with E-state index < -0.39 is 0 Å². The molecule has 128 valence electrons. The number of rotatable bonds is 2. The van der Waals surface area contributed by atoms with Gasteiger partial charge in [0.2, 0.25) is 4.77 Å². The molecule has 0 aliphatic rings. The second-order valence-corrected chi connectivity index (χ2v) is 6.65. The fourth-order valence-corrected chi connectivity index (χ4v) is 3.17. The Morgan fingerprint density at radius 1 is 1.23 bits per heavy atom. The lowest BCUT2D eigenvalue weighted by molar-refractivity contribution is 0.799. The van der Waals surface area contributed by atoms with Crippen molar-refractivity contribution in [3.63, 3.8) is 0 Å². The largest absolute Gasteiger partial charge is 0.330 e. The predicted molar refractivity (Wildman–Crippen MR) is 108 cm³/mol. The second kappa shape index (κ2) is 6.48. The number of benzene rings is 2. The Bertz CT molecular complexity index is 1310. The third-order valence-electron chi connectivity index (χ3n) is 4.05. The molecule has 2 aromatic carbocycles. The lowest BCUT2D eigenvalue weighted by Gasteiger charge is -2.04. The van der Waals surface area contributed by atoms with Crippen LogP contribution in [0, 0.1) is 11.7 Å². The van der Waals surface area contributed by atoms with Gasteiger partial charge in [-0.2, -0.15) is 9.78 Å². The van der Waals surface area contributed by atoms with Crippen molar-refractivity contribution in [1.29, 1.82) is 0 Å². The fourth-order valence-electron chi connectivity index (χ4n) is 2.74. The van der Waals surface area contributed by atoms with E-state index >= 15 is 0 Å². The number of aryl methyl sites for hydroxylation is 1. The van der Waals surface area contributed by atoms with E-state index in [4.69, 9.17) is 23.8 Å². The summed E-state index contributed by atoms with van der Waals surface area (Å²) in [5, 5.41) is 6.00. The molecule has 0 radical (unpaired) electrons. The quantitative estimate of drug-likeness (QED) is 0.317. The normalized spacial score (nSPS) is 11.6. The number of fused-ring (bicyclic) bond motifs is 2. The van der Waals surface area contributed by atoms with Crippen molar-refractivity contribution in [3.05, 3.63) is 79.9 Å². The van der Waals surface area contributed by atoms with E-state index in [1.165, 1.54) is 6.21 Å². The van der Waals surface area contributed by atoms with Crippen LogP contribution in [0.15, 0.2) is 58.4 Å². The maximum atomic E-state index is 12.6. The number of nitrogens with zero attached hydrogens (tertiary/aromatic N) is 3. The van der Waals surface area contributed by atoms with E-state index in [-0.39, 0.29) is 10.3 Å². The number of hydrogen-bond donors (Lipinski definition) is 1. The molecule has 7 heteroatoms. The van der Waals surface area contributed by atoms with Gasteiger partial charge < -0.3 is 4.98 Å². The third-order valence-corrected chi connectivity index (χ3v) is 4.63. The van der Waals surface area contributed by atoms with Crippen molar-refractivity contribution >= 4 is 51.8 Å². The molecule has 0 aliphatic carbocycles. The first-order valence-corrected chi connectivity index (χ1v) is 8.67. The van der Waals surface area contributed by atoms with Crippen LogP contribution < -0.4 is 5.56 Å². The summed E-state index contributed by atoms with van der Waals surface area (Å²) in [6, 6.07) is 15.0. The van der Waals surface area contributed by atoms with Crippen molar-refractivity contribution in [2.75, 3.05) is 0 Å². The van der Waals surface area contributed by atoms with E-state index in [0.29, 0.717) is 21.6 Å². The molecule has 0 fully saturated rings. The third kappa shape index (κ3) is 2.94. The van der Waals surface area contributed by atoms with Crippen LogP contribution in [0.1, 0.15) is 11.1 Å². The Morgan fingerprint density at radius 3 is 2.88 bits per heavy atom. The Labute approximate surface area is 158 Å². The number of nitrogens with one attached hydrogen (secondary N) is 1. The smallest absolute Gasteiger partial charge is 0.282 e. The monoisotopic (exact) mass is 380 g/mol. The summed E-state index contributed by atoms with van der Waals surface area (Å²) in [4.78, 5) is 20.0. The number of aromatic amines is 1. The summed E-state index contributed by atoms with van der Waals surface area (Å²) < 4.78 is 1.36. The maximum absolute atomic E-state index is 12.6. The van der Waals surface area contributed by atoms with Gasteiger partial charge in [-0.05, 0) is 49.0 Å². The van der Waals surface area contributed by atoms with E-state index in [1.807, 2.05) is 37.3 Å². The van der Waals surface area contributed by atoms with Crippen molar-refractivity contribution in [2.45, 2.75) is 6.92 Å². The zero-order valence-corrected chi connectivity index (χ0v) is 15.3. The molecule has 0 bridgehead atoms. The highest BCUT2D eigenvalue weighted by molar-refractivity contribution is 7.71. The minimum Gasteiger partial charge on any atom is -0.330 e. The molecule has 0 saturated carbocycles. The summed E-state index contributed by atoms with van der Waals surface area (Å²) >= 11 is 11.5. The van der Waals surface area contributed by atoms with Gasteiger partial charge in [-0.15, -0.1) is 0 Å². The van der Waals surface area contributed by atoms with Gasteiger partial charge in [-0.25, -0.2) is 4.98 Å². The lowest BCUT2D eigenvalue weighted by atomic mass is 10.1. The molecule has 0 atom stereocenters. The minimum absolute atomic E-state index is 0.213. The molecular weight excluding hydrogens is 368 g/mol. The number of H-pyrrole nitrogens is 1. The molecule has 5 nitrogen and oxygen atoms in total. The topological polar surface area (TPSA) is 63.0 Å². The van der Waals surface area contributed by atoms with Gasteiger partial charge in [-0.3, -0.25) is 4.79 Å². The molecule has 0 unspecified atom stereocenters. The SMILES string of the molecule is Cc1ccc2cc(/C=N\n3c(=S)[nH]c4ccccc4c3=O)c(Cl)nc2c1. The van der Waals surface area contributed by atoms with Crippen LogP contribution in [-0.2, 0) is 0 Å². The zero-order valence-electron chi connectivity index (χ0n) is 13.7. The van der Waals surface area contributed by atoms with Gasteiger partial charge in [-0.1, -0.05) is 35.9 Å². The zero-order chi connectivity index (χ0) is 18.3. The molecule has 2 heterocycles. The minimum atomic E-state index is -0.291. The molecule has 0 saturated heterocycles. The van der Waals surface area contributed by atoms with Gasteiger partial charge in [0, 0.05) is 10.9 Å². The maximum Gasteiger partial charge on any atom is 0.282 e. The lowest BCUT2D eigenvalue weighted by Crippen LogP contribution is -2.18. The van der Waals surface area contributed by atoms with Crippen molar-refractivity contribution in [1.82, 2.24) is 14.6 Å². The number of aromatic nitrogens is 3. The Hall–Kier alpha value is -2.83. The summed E-state index contributed by atoms with van der Waals surface area (Å²) in [6.07, 6.45) is 1.49. The van der Waals surface area contributed by atoms with Gasteiger partial charge >= 0.3 is 0 Å². The van der Waals surface area contributed by atoms with Gasteiger partial charge in [0.15, 0.2) is 0 Å². The molecule has 0 amide bonds. The second-order valence-electron chi connectivity index (χ2n) is 5.90. The van der Waals surface area contributed by atoms with Crippen LogP contribution in [0.2, 0.25) is 5.15 Å². The number of para-hydroxylation sites is 1. The molecule has 1 N–H and O–H groups in total. The van der Waals surface area contributed by atoms with E-state index in [9.17, 15) is 4.79 Å². The molecule has 26 heavy (non-hydrogen) atoms. The molecule has 2 aromatic heterocycles. The summed E-state index contributed by atoms with van der Waals surface area (Å²) in [5.74, 6) is 0. The average molecular weight is 381 g/mol. The molecule has 0 aliphatic heterocycles. The van der Waals surface area contributed by atoms with E-state index in [0.717, 1.165) is 21.1 Å². The summed E-state index contributed by atoms with van der Waals surface area (Å²) in [5.41, 5.74) is 2.91. The van der Waals surface area contributed by atoms with Crippen molar-refractivity contribution < 1.29 is 0 Å². The first-order chi connectivity index (χ1) is 12.5. The van der Waals surface area contributed by atoms with Crippen LogP contribution in [0.25, 0.3) is 21.8 Å².